The van der Waals surface area contributed by atoms with Gasteiger partial charge in [0.1, 0.15) is 10.7 Å². The van der Waals surface area contributed by atoms with E-state index >= 15 is 0 Å². The lowest BCUT2D eigenvalue weighted by atomic mass is 10.1. The maximum atomic E-state index is 13.7. The van der Waals surface area contributed by atoms with E-state index in [1.54, 1.807) is 6.07 Å². The van der Waals surface area contributed by atoms with Gasteiger partial charge in [-0.1, -0.05) is 12.1 Å². The van der Waals surface area contributed by atoms with E-state index in [2.05, 4.69) is 5.32 Å². The smallest absolute Gasteiger partial charge is 0.245 e. The van der Waals surface area contributed by atoms with Gasteiger partial charge < -0.3 is 5.32 Å². The SMILES string of the molecule is CN(C1CCCNCC1)S(=O)(=O)c1ccccc1F. The molecule has 0 aromatic heterocycles. The van der Waals surface area contributed by atoms with E-state index in [0.29, 0.717) is 0 Å². The number of halogens is 1. The Kier molecular flexibility index (Phi) is 4.54. The Hall–Kier alpha value is -0.980. The molecule has 1 aromatic carbocycles. The third-order valence-corrected chi connectivity index (χ3v) is 5.50. The molecule has 4 nitrogen and oxygen atoms in total. The van der Waals surface area contributed by atoms with Gasteiger partial charge in [-0.2, -0.15) is 4.31 Å². The van der Waals surface area contributed by atoms with Crippen LogP contribution < -0.4 is 5.32 Å². The van der Waals surface area contributed by atoms with Crippen molar-refractivity contribution in [2.75, 3.05) is 20.1 Å². The Morgan fingerprint density at radius 1 is 1.26 bits per heavy atom. The highest BCUT2D eigenvalue weighted by atomic mass is 32.2. The van der Waals surface area contributed by atoms with Crippen LogP contribution in [0.4, 0.5) is 4.39 Å². The summed E-state index contributed by atoms with van der Waals surface area (Å²) in [5, 5.41) is 3.24. The fourth-order valence-electron chi connectivity index (χ4n) is 2.37. The van der Waals surface area contributed by atoms with Crippen molar-refractivity contribution in [1.29, 1.82) is 0 Å². The molecule has 1 atom stereocenters. The normalized spacial score (nSPS) is 21.3. The molecule has 0 saturated carbocycles. The van der Waals surface area contributed by atoms with Crippen molar-refractivity contribution in [3.05, 3.63) is 30.1 Å². The average molecular weight is 286 g/mol. The van der Waals surface area contributed by atoms with Gasteiger partial charge in [0.2, 0.25) is 10.0 Å². The number of benzene rings is 1. The molecule has 2 rings (SSSR count). The summed E-state index contributed by atoms with van der Waals surface area (Å²) in [6, 6.07) is 5.45. The van der Waals surface area contributed by atoms with Crippen molar-refractivity contribution in [1.82, 2.24) is 9.62 Å². The van der Waals surface area contributed by atoms with Crippen molar-refractivity contribution in [2.24, 2.45) is 0 Å². The Morgan fingerprint density at radius 3 is 2.74 bits per heavy atom. The molecule has 19 heavy (non-hydrogen) atoms. The fraction of sp³-hybridized carbons (Fsp3) is 0.538. The molecule has 1 aliphatic rings. The highest BCUT2D eigenvalue weighted by molar-refractivity contribution is 7.89. The number of sulfonamides is 1. The molecule has 6 heteroatoms. The highest BCUT2D eigenvalue weighted by Crippen LogP contribution is 2.23. The minimum absolute atomic E-state index is 0.0698. The molecule has 1 heterocycles. The standard InChI is InChI=1S/C13H19FN2O2S/c1-16(11-5-4-9-15-10-8-11)19(17,18)13-7-3-2-6-12(13)14/h2-3,6-7,11,15H,4-5,8-10H2,1H3. The van der Waals surface area contributed by atoms with E-state index in [-0.39, 0.29) is 10.9 Å². The first-order valence-corrected chi connectivity index (χ1v) is 7.91. The van der Waals surface area contributed by atoms with Crippen LogP contribution in [0.5, 0.6) is 0 Å². The van der Waals surface area contributed by atoms with Crippen molar-refractivity contribution >= 4 is 10.0 Å². The Labute approximate surface area is 113 Å². The summed E-state index contributed by atoms with van der Waals surface area (Å²) < 4.78 is 39.9. The molecule has 0 aliphatic carbocycles. The predicted molar refractivity (Wildman–Crippen MR) is 71.9 cm³/mol. The van der Waals surface area contributed by atoms with Crippen LogP contribution in [0, 0.1) is 5.82 Å². The first-order chi connectivity index (χ1) is 9.03. The first kappa shape index (κ1) is 14.4. The lowest BCUT2D eigenvalue weighted by molar-refractivity contribution is 0.340. The van der Waals surface area contributed by atoms with Gasteiger partial charge in [0.15, 0.2) is 0 Å². The van der Waals surface area contributed by atoms with Crippen LogP contribution in [0.15, 0.2) is 29.2 Å². The van der Waals surface area contributed by atoms with E-state index in [0.717, 1.165) is 32.4 Å². The lowest BCUT2D eigenvalue weighted by Crippen LogP contribution is -2.37. The van der Waals surface area contributed by atoms with Crippen molar-refractivity contribution in [3.8, 4) is 0 Å². The Bertz CT molecular complexity index is 525. The molecule has 0 radical (unpaired) electrons. The Morgan fingerprint density at radius 2 is 2.00 bits per heavy atom. The van der Waals surface area contributed by atoms with Crippen LogP contribution in [0.25, 0.3) is 0 Å². The third-order valence-electron chi connectivity index (χ3n) is 3.55. The third kappa shape index (κ3) is 3.13. The van der Waals surface area contributed by atoms with Crippen LogP contribution in [-0.2, 0) is 10.0 Å². The van der Waals surface area contributed by atoms with E-state index in [1.807, 2.05) is 0 Å². The summed E-state index contributed by atoms with van der Waals surface area (Å²) in [5.41, 5.74) is 0. The maximum absolute atomic E-state index is 13.7. The largest absolute Gasteiger partial charge is 0.317 e. The molecule has 1 unspecified atom stereocenters. The van der Waals surface area contributed by atoms with Gasteiger partial charge in [-0.05, 0) is 44.5 Å². The number of hydrogen-bond acceptors (Lipinski definition) is 3. The van der Waals surface area contributed by atoms with Crippen LogP contribution in [0.1, 0.15) is 19.3 Å². The van der Waals surface area contributed by atoms with Gasteiger partial charge in [0.05, 0.1) is 0 Å². The zero-order valence-corrected chi connectivity index (χ0v) is 11.8. The van der Waals surface area contributed by atoms with Gasteiger partial charge in [-0.3, -0.25) is 0 Å². The minimum Gasteiger partial charge on any atom is -0.317 e. The number of nitrogens with zero attached hydrogens (tertiary/aromatic N) is 1. The van der Waals surface area contributed by atoms with Gasteiger partial charge in [0.25, 0.3) is 0 Å². The molecular weight excluding hydrogens is 267 g/mol. The molecule has 1 aliphatic heterocycles. The summed E-state index contributed by atoms with van der Waals surface area (Å²) in [6.45, 7) is 1.70. The van der Waals surface area contributed by atoms with Gasteiger partial charge in [-0.15, -0.1) is 0 Å². The molecular formula is C13H19FN2O2S. The summed E-state index contributed by atoms with van der Waals surface area (Å²) in [5.74, 6) is -0.693. The maximum Gasteiger partial charge on any atom is 0.245 e. The number of rotatable bonds is 3. The topological polar surface area (TPSA) is 49.4 Å². The van der Waals surface area contributed by atoms with E-state index in [9.17, 15) is 12.8 Å². The molecule has 1 saturated heterocycles. The van der Waals surface area contributed by atoms with Crippen LogP contribution in [-0.4, -0.2) is 38.9 Å². The second kappa shape index (κ2) is 5.98. The summed E-state index contributed by atoms with van der Waals surface area (Å²) in [6.07, 6.45) is 2.49. The Balaban J connectivity index is 2.26. The zero-order valence-electron chi connectivity index (χ0n) is 11.0. The van der Waals surface area contributed by atoms with Crippen molar-refractivity contribution in [2.45, 2.75) is 30.2 Å². The monoisotopic (exact) mass is 286 g/mol. The molecule has 1 N–H and O–H groups in total. The van der Waals surface area contributed by atoms with Crippen LogP contribution in [0.3, 0.4) is 0 Å². The minimum atomic E-state index is -3.75. The number of hydrogen-bond donors (Lipinski definition) is 1. The summed E-state index contributed by atoms with van der Waals surface area (Å²) in [4.78, 5) is -0.241. The second-order valence-corrected chi connectivity index (χ2v) is 6.75. The fourth-order valence-corrected chi connectivity index (χ4v) is 3.85. The van der Waals surface area contributed by atoms with Crippen LogP contribution in [0.2, 0.25) is 0 Å². The van der Waals surface area contributed by atoms with Crippen molar-refractivity contribution in [3.63, 3.8) is 0 Å². The van der Waals surface area contributed by atoms with Crippen molar-refractivity contribution < 1.29 is 12.8 Å². The second-order valence-electron chi connectivity index (χ2n) is 4.79. The highest BCUT2D eigenvalue weighted by Gasteiger charge is 2.30. The molecule has 0 amide bonds. The van der Waals surface area contributed by atoms with Gasteiger partial charge in [0, 0.05) is 13.1 Å². The number of nitrogens with one attached hydrogen (secondary N) is 1. The molecule has 0 spiro atoms. The first-order valence-electron chi connectivity index (χ1n) is 6.47. The predicted octanol–water partition coefficient (Wildman–Crippen LogP) is 1.59. The molecule has 0 bridgehead atoms. The summed E-state index contributed by atoms with van der Waals surface area (Å²) in [7, 11) is -2.22. The molecule has 1 aromatic rings. The quantitative estimate of drug-likeness (QED) is 0.918. The zero-order chi connectivity index (χ0) is 13.9. The van der Waals surface area contributed by atoms with Crippen LogP contribution >= 0.6 is 0 Å². The van der Waals surface area contributed by atoms with E-state index in [4.69, 9.17) is 0 Å². The van der Waals surface area contributed by atoms with Gasteiger partial charge >= 0.3 is 0 Å². The molecule has 1 fully saturated rings. The molecule has 106 valence electrons. The summed E-state index contributed by atoms with van der Waals surface area (Å²) >= 11 is 0. The van der Waals surface area contributed by atoms with Gasteiger partial charge in [-0.25, -0.2) is 12.8 Å². The van der Waals surface area contributed by atoms with E-state index < -0.39 is 15.8 Å². The lowest BCUT2D eigenvalue weighted by Gasteiger charge is -2.26. The van der Waals surface area contributed by atoms with E-state index in [1.165, 1.54) is 29.6 Å². The average Bonchev–Trinajstić information content (AvgIpc) is 2.67.